The summed E-state index contributed by atoms with van der Waals surface area (Å²) in [7, 11) is 0. The Morgan fingerprint density at radius 2 is 2.00 bits per heavy atom. The van der Waals surface area contributed by atoms with E-state index in [1.165, 1.54) is 0 Å². The SMILES string of the molecule is CCCn1ccc(C(=O)Nc2ccc(OCC)cc2)n1. The van der Waals surface area contributed by atoms with E-state index in [0.717, 1.165) is 24.4 Å². The number of nitrogens with one attached hydrogen (secondary N) is 1. The Morgan fingerprint density at radius 1 is 1.25 bits per heavy atom. The van der Waals surface area contributed by atoms with Crippen molar-refractivity contribution in [3.05, 3.63) is 42.2 Å². The molecule has 0 unspecified atom stereocenters. The van der Waals surface area contributed by atoms with Crippen LogP contribution >= 0.6 is 0 Å². The van der Waals surface area contributed by atoms with Crippen molar-refractivity contribution < 1.29 is 9.53 Å². The first-order valence-corrected chi connectivity index (χ1v) is 6.80. The van der Waals surface area contributed by atoms with Gasteiger partial charge in [0.1, 0.15) is 5.75 Å². The summed E-state index contributed by atoms with van der Waals surface area (Å²) in [5.74, 6) is 0.585. The van der Waals surface area contributed by atoms with E-state index in [1.54, 1.807) is 10.7 Å². The van der Waals surface area contributed by atoms with E-state index in [1.807, 2.05) is 37.4 Å². The van der Waals surface area contributed by atoms with Crippen LogP contribution in [0.25, 0.3) is 0 Å². The van der Waals surface area contributed by atoms with Gasteiger partial charge in [-0.2, -0.15) is 5.10 Å². The summed E-state index contributed by atoms with van der Waals surface area (Å²) in [4.78, 5) is 12.0. The molecule has 5 heteroatoms. The molecule has 0 saturated heterocycles. The van der Waals surface area contributed by atoms with Crippen molar-refractivity contribution in [1.82, 2.24) is 9.78 Å². The van der Waals surface area contributed by atoms with Gasteiger partial charge in [-0.3, -0.25) is 9.48 Å². The fourth-order valence-corrected chi connectivity index (χ4v) is 1.83. The summed E-state index contributed by atoms with van der Waals surface area (Å²) in [5.41, 5.74) is 1.15. The molecular weight excluding hydrogens is 254 g/mol. The number of amides is 1. The highest BCUT2D eigenvalue weighted by Gasteiger charge is 2.09. The van der Waals surface area contributed by atoms with Gasteiger partial charge in [0.25, 0.3) is 5.91 Å². The summed E-state index contributed by atoms with van der Waals surface area (Å²) in [6, 6.07) is 9.00. The second-order valence-electron chi connectivity index (χ2n) is 4.38. The molecule has 1 amide bonds. The molecule has 106 valence electrons. The monoisotopic (exact) mass is 273 g/mol. The van der Waals surface area contributed by atoms with Gasteiger partial charge >= 0.3 is 0 Å². The van der Waals surface area contributed by atoms with Crippen LogP contribution in [0.1, 0.15) is 30.8 Å². The van der Waals surface area contributed by atoms with Crippen molar-refractivity contribution in [1.29, 1.82) is 0 Å². The second-order valence-corrected chi connectivity index (χ2v) is 4.38. The van der Waals surface area contributed by atoms with Gasteiger partial charge in [-0.05, 0) is 43.7 Å². The molecule has 1 heterocycles. The van der Waals surface area contributed by atoms with E-state index in [0.29, 0.717) is 12.3 Å². The van der Waals surface area contributed by atoms with Crippen molar-refractivity contribution >= 4 is 11.6 Å². The smallest absolute Gasteiger partial charge is 0.276 e. The third kappa shape index (κ3) is 3.60. The Hall–Kier alpha value is -2.30. The lowest BCUT2D eigenvalue weighted by atomic mass is 10.3. The Kier molecular flexibility index (Phi) is 4.76. The molecule has 0 aliphatic heterocycles. The number of rotatable bonds is 6. The number of carbonyl (C=O) groups excluding carboxylic acids is 1. The number of carbonyl (C=O) groups is 1. The van der Waals surface area contributed by atoms with Gasteiger partial charge in [-0.25, -0.2) is 0 Å². The maximum Gasteiger partial charge on any atom is 0.276 e. The zero-order valence-electron chi connectivity index (χ0n) is 11.8. The molecule has 2 aromatic rings. The molecule has 1 aromatic carbocycles. The second kappa shape index (κ2) is 6.75. The first-order valence-electron chi connectivity index (χ1n) is 6.80. The maximum absolute atomic E-state index is 12.0. The maximum atomic E-state index is 12.0. The number of aromatic nitrogens is 2. The van der Waals surface area contributed by atoms with Gasteiger partial charge in [0.2, 0.25) is 0 Å². The van der Waals surface area contributed by atoms with Crippen LogP contribution in [0.2, 0.25) is 0 Å². The van der Waals surface area contributed by atoms with Gasteiger partial charge in [0.15, 0.2) is 5.69 Å². The molecule has 1 N–H and O–H groups in total. The quantitative estimate of drug-likeness (QED) is 0.880. The molecule has 5 nitrogen and oxygen atoms in total. The van der Waals surface area contributed by atoms with Crippen LogP contribution < -0.4 is 10.1 Å². The van der Waals surface area contributed by atoms with Crippen LogP contribution in [-0.2, 0) is 6.54 Å². The number of benzene rings is 1. The minimum absolute atomic E-state index is 0.205. The highest BCUT2D eigenvalue weighted by molar-refractivity contribution is 6.02. The van der Waals surface area contributed by atoms with Gasteiger partial charge in [-0.15, -0.1) is 0 Å². The Bertz CT molecular complexity index is 561. The third-order valence-electron chi connectivity index (χ3n) is 2.75. The topological polar surface area (TPSA) is 56.2 Å². The van der Waals surface area contributed by atoms with Crippen LogP contribution in [0.5, 0.6) is 5.75 Å². The fraction of sp³-hybridized carbons (Fsp3) is 0.333. The summed E-state index contributed by atoms with van der Waals surface area (Å²) in [6.45, 7) is 5.45. The lowest BCUT2D eigenvalue weighted by molar-refractivity contribution is 0.102. The molecule has 0 aliphatic rings. The Labute approximate surface area is 118 Å². The largest absolute Gasteiger partial charge is 0.494 e. The van der Waals surface area contributed by atoms with Gasteiger partial charge in [-0.1, -0.05) is 6.92 Å². The number of ether oxygens (including phenoxy) is 1. The third-order valence-corrected chi connectivity index (χ3v) is 2.75. The molecule has 2 rings (SSSR count). The van der Waals surface area contributed by atoms with Crippen LogP contribution in [-0.4, -0.2) is 22.3 Å². The highest BCUT2D eigenvalue weighted by Crippen LogP contribution is 2.16. The number of hydrogen-bond acceptors (Lipinski definition) is 3. The molecule has 1 aromatic heterocycles. The van der Waals surface area contributed by atoms with Gasteiger partial charge < -0.3 is 10.1 Å². The summed E-state index contributed by atoms with van der Waals surface area (Å²) in [5, 5.41) is 7.04. The van der Waals surface area contributed by atoms with Gasteiger partial charge in [0.05, 0.1) is 6.61 Å². The van der Waals surface area contributed by atoms with E-state index >= 15 is 0 Å². The lowest BCUT2D eigenvalue weighted by Crippen LogP contribution is -2.13. The highest BCUT2D eigenvalue weighted by atomic mass is 16.5. The minimum Gasteiger partial charge on any atom is -0.494 e. The van der Waals surface area contributed by atoms with Crippen molar-refractivity contribution in [2.75, 3.05) is 11.9 Å². The molecule has 0 aliphatic carbocycles. The standard InChI is InChI=1S/C15H19N3O2/c1-3-10-18-11-9-14(17-18)15(19)16-12-5-7-13(8-6-12)20-4-2/h5-9,11H,3-4,10H2,1-2H3,(H,16,19). The number of hydrogen-bond donors (Lipinski definition) is 1. The van der Waals surface area contributed by atoms with Crippen LogP contribution in [0.4, 0.5) is 5.69 Å². The van der Waals surface area contributed by atoms with Crippen LogP contribution in [0.15, 0.2) is 36.5 Å². The summed E-state index contributed by atoms with van der Waals surface area (Å²) in [6.07, 6.45) is 2.80. The Morgan fingerprint density at radius 3 is 2.65 bits per heavy atom. The number of anilines is 1. The average Bonchev–Trinajstić information content (AvgIpc) is 2.90. The molecule has 0 radical (unpaired) electrons. The molecular formula is C15H19N3O2. The first-order chi connectivity index (χ1) is 9.72. The zero-order chi connectivity index (χ0) is 14.4. The predicted octanol–water partition coefficient (Wildman–Crippen LogP) is 2.94. The first kappa shape index (κ1) is 14.1. The van der Waals surface area contributed by atoms with Crippen molar-refractivity contribution in [2.24, 2.45) is 0 Å². The predicted molar refractivity (Wildman–Crippen MR) is 78.1 cm³/mol. The lowest BCUT2D eigenvalue weighted by Gasteiger charge is -2.06. The molecule has 20 heavy (non-hydrogen) atoms. The van der Waals surface area contributed by atoms with E-state index in [4.69, 9.17) is 4.74 Å². The number of nitrogens with zero attached hydrogens (tertiary/aromatic N) is 2. The van der Waals surface area contributed by atoms with Crippen molar-refractivity contribution in [3.8, 4) is 5.75 Å². The van der Waals surface area contributed by atoms with E-state index in [9.17, 15) is 4.79 Å². The van der Waals surface area contributed by atoms with Crippen molar-refractivity contribution in [3.63, 3.8) is 0 Å². The molecule has 0 spiro atoms. The molecule has 0 atom stereocenters. The van der Waals surface area contributed by atoms with E-state index < -0.39 is 0 Å². The zero-order valence-corrected chi connectivity index (χ0v) is 11.8. The van der Waals surface area contributed by atoms with E-state index in [-0.39, 0.29) is 5.91 Å². The molecule has 0 fully saturated rings. The normalized spacial score (nSPS) is 10.3. The van der Waals surface area contributed by atoms with Crippen LogP contribution in [0, 0.1) is 0 Å². The van der Waals surface area contributed by atoms with Crippen LogP contribution in [0.3, 0.4) is 0 Å². The molecule has 0 bridgehead atoms. The summed E-state index contributed by atoms with van der Waals surface area (Å²) < 4.78 is 7.12. The van der Waals surface area contributed by atoms with Crippen molar-refractivity contribution in [2.45, 2.75) is 26.8 Å². The van der Waals surface area contributed by atoms with E-state index in [2.05, 4.69) is 17.3 Å². The Balaban J connectivity index is 1.99. The molecule has 0 saturated carbocycles. The summed E-state index contributed by atoms with van der Waals surface area (Å²) >= 11 is 0. The minimum atomic E-state index is -0.205. The average molecular weight is 273 g/mol. The van der Waals surface area contributed by atoms with Gasteiger partial charge in [0, 0.05) is 18.4 Å². The fourth-order valence-electron chi connectivity index (χ4n) is 1.83. The number of aryl methyl sites for hydroxylation is 1.